The summed E-state index contributed by atoms with van der Waals surface area (Å²) in [5.41, 5.74) is -3.36. The van der Waals surface area contributed by atoms with Crippen molar-refractivity contribution in [3.63, 3.8) is 0 Å². The Morgan fingerprint density at radius 2 is 1.30 bits per heavy atom. The van der Waals surface area contributed by atoms with E-state index in [-0.39, 0.29) is 69.7 Å². The van der Waals surface area contributed by atoms with E-state index >= 15 is 9.59 Å². The highest BCUT2D eigenvalue weighted by molar-refractivity contribution is 6.00. The first-order valence-corrected chi connectivity index (χ1v) is 32.4. The first kappa shape index (κ1) is 75.1. The van der Waals surface area contributed by atoms with E-state index in [1.807, 2.05) is 20.8 Å². The number of aryl methyl sites for hydroxylation is 1. The largest absolute Gasteiger partial charge is 0.480 e. The zero-order valence-corrected chi connectivity index (χ0v) is 55.7. The Kier molecular flexibility index (Phi) is 25.9. The van der Waals surface area contributed by atoms with Gasteiger partial charge in [0.15, 0.2) is 0 Å². The number of likely N-dealkylation sites (N-methyl/N-ethyl adjacent to an activating group) is 5. The Balaban J connectivity index is 1.21. The van der Waals surface area contributed by atoms with Crippen LogP contribution in [0.25, 0.3) is 0 Å². The number of carbonyl (C=O) groups is 11. The van der Waals surface area contributed by atoms with Crippen molar-refractivity contribution in [2.75, 3.05) is 55.4 Å². The van der Waals surface area contributed by atoms with Gasteiger partial charge in [0.2, 0.25) is 53.2 Å². The standard InChI is InChI=1S/C66H93F5N10O13/c1-12-39(4)53(60(88)76(8)40(5)57(85)81-32-28-48(81)62(90)91)73-55(83)49(33-38(2)3)77(9)51(82)36-50(59(87)75(6)7)78(10)61(89)54(43-23-16-17-24-43)79(11)63(92)65(29-18-19-30-65)74-56(84)47-25-20-31-80(47)58(86)46(72-64(93)94-37-41-21-14-13-15-22-41)27-26-42-34-44(67)52(45(68)35-42)66(69,70)71/h13-15,21-22,34-35,38-40,43,46-50,53-54H,12,16-20,23-33,36-37H2,1-11H3,(H,72,93)(H,73,83)(H,74,84)(H,90,91)/t39-,40-,46-,47-,48-,49-,50-,53-,54-/m0/s1. The van der Waals surface area contributed by atoms with Gasteiger partial charge in [-0.2, -0.15) is 13.2 Å². The van der Waals surface area contributed by atoms with Crippen molar-refractivity contribution in [2.24, 2.45) is 17.8 Å². The van der Waals surface area contributed by atoms with Gasteiger partial charge >= 0.3 is 18.2 Å². The number of benzene rings is 2. The van der Waals surface area contributed by atoms with Gasteiger partial charge in [0, 0.05) is 55.4 Å². The Morgan fingerprint density at radius 1 is 0.691 bits per heavy atom. The summed E-state index contributed by atoms with van der Waals surface area (Å²) in [4.78, 5) is 165. The SMILES string of the molecule is CC[C@H](C)[C@H](NC(=O)[C@H](CC(C)C)N(C)C(=O)C[C@@H](C(=O)N(C)C)N(C)C(=O)[C@H](C1CCCC1)N(C)C(=O)C1(NC(=O)[C@@H]2CCCN2C(=O)[C@H](CCc2cc(F)c(C(F)(F)F)c(F)c2)NC(=O)OCc2ccccc2)CCCC1)C(=O)N(C)[C@@H](C)C(=O)N1CC[C@H]1C(=O)O. The van der Waals surface area contributed by atoms with Gasteiger partial charge in [0.05, 0.1) is 6.42 Å². The molecule has 0 aromatic heterocycles. The lowest BCUT2D eigenvalue weighted by molar-refractivity contribution is -0.161. The third-order valence-electron chi connectivity index (χ3n) is 19.2. The maximum Gasteiger partial charge on any atom is 0.422 e. The first-order valence-electron chi connectivity index (χ1n) is 32.4. The van der Waals surface area contributed by atoms with Crippen LogP contribution in [-0.4, -0.2) is 214 Å². The molecule has 4 fully saturated rings. The number of carbonyl (C=O) groups excluding carboxylic acids is 10. The molecule has 2 saturated carbocycles. The molecule has 2 saturated heterocycles. The molecule has 2 aliphatic heterocycles. The zero-order chi connectivity index (χ0) is 69.8. The number of halogens is 5. The van der Waals surface area contributed by atoms with Crippen molar-refractivity contribution in [3.05, 3.63) is 70.8 Å². The Bertz CT molecular complexity index is 3070. The highest BCUT2D eigenvalue weighted by Crippen LogP contribution is 2.38. The number of carboxylic acids is 1. The van der Waals surface area contributed by atoms with E-state index in [0.29, 0.717) is 62.6 Å². The van der Waals surface area contributed by atoms with Gasteiger partial charge in [0.25, 0.3) is 0 Å². The van der Waals surface area contributed by atoms with Crippen LogP contribution in [0.4, 0.5) is 26.7 Å². The molecule has 0 radical (unpaired) electrons. The number of ether oxygens (including phenoxy) is 1. The number of alkyl carbamates (subject to hydrolysis) is 1. The lowest BCUT2D eigenvalue weighted by Gasteiger charge is -2.42. The number of hydrogen-bond acceptors (Lipinski definition) is 12. The predicted molar refractivity (Wildman–Crippen MR) is 333 cm³/mol. The van der Waals surface area contributed by atoms with Gasteiger partial charge in [-0.3, -0.25) is 43.2 Å². The van der Waals surface area contributed by atoms with Crippen LogP contribution in [0.2, 0.25) is 0 Å². The third-order valence-corrected chi connectivity index (χ3v) is 19.2. The van der Waals surface area contributed by atoms with Gasteiger partial charge < -0.3 is 60.1 Å². The number of alkyl halides is 3. The van der Waals surface area contributed by atoms with Crippen molar-refractivity contribution in [1.82, 2.24) is 50.2 Å². The molecule has 94 heavy (non-hydrogen) atoms. The average molecular weight is 1330 g/mol. The number of nitrogens with zero attached hydrogens (tertiary/aromatic N) is 7. The monoisotopic (exact) mass is 1330 g/mol. The fourth-order valence-corrected chi connectivity index (χ4v) is 13.2. The zero-order valence-electron chi connectivity index (χ0n) is 55.7. The molecule has 9 atom stereocenters. The van der Waals surface area contributed by atoms with Crippen molar-refractivity contribution in [3.8, 4) is 0 Å². The molecule has 23 nitrogen and oxygen atoms in total. The van der Waals surface area contributed by atoms with Crippen LogP contribution in [0.1, 0.15) is 148 Å². The maximum absolute atomic E-state index is 15.4. The molecule has 10 amide bonds. The van der Waals surface area contributed by atoms with Gasteiger partial charge in [-0.1, -0.05) is 90.1 Å². The van der Waals surface area contributed by atoms with E-state index in [2.05, 4.69) is 16.0 Å². The molecule has 28 heteroatoms. The smallest absolute Gasteiger partial charge is 0.422 e. The number of carboxylic acid groups (broad SMARTS) is 1. The summed E-state index contributed by atoms with van der Waals surface area (Å²) in [7, 11) is 8.48. The normalized spacial score (nSPS) is 19.3. The molecule has 0 bridgehead atoms. The van der Waals surface area contributed by atoms with Crippen LogP contribution in [0.15, 0.2) is 42.5 Å². The van der Waals surface area contributed by atoms with Crippen LogP contribution in [-0.2, 0) is 71.9 Å². The second-order valence-electron chi connectivity index (χ2n) is 26.3. The van der Waals surface area contributed by atoms with Crippen molar-refractivity contribution < 1.29 is 84.5 Å². The lowest BCUT2D eigenvalue weighted by Crippen LogP contribution is -2.65. The highest BCUT2D eigenvalue weighted by Gasteiger charge is 2.52. The number of amides is 10. The van der Waals surface area contributed by atoms with Crippen molar-refractivity contribution >= 4 is 65.2 Å². The van der Waals surface area contributed by atoms with E-state index in [4.69, 9.17) is 4.74 Å². The quantitative estimate of drug-likeness (QED) is 0.0725. The first-order chi connectivity index (χ1) is 44.1. The van der Waals surface area contributed by atoms with E-state index in [1.54, 1.807) is 37.3 Å². The summed E-state index contributed by atoms with van der Waals surface area (Å²) in [5, 5.41) is 17.9. The lowest BCUT2D eigenvalue weighted by atomic mass is 9.90. The molecule has 0 spiro atoms. The van der Waals surface area contributed by atoms with E-state index in [0.717, 1.165) is 4.90 Å². The maximum atomic E-state index is 15.4. The minimum absolute atomic E-state index is 0.0137. The van der Waals surface area contributed by atoms with Crippen LogP contribution in [0.5, 0.6) is 0 Å². The molecule has 4 N–H and O–H groups in total. The minimum atomic E-state index is -5.34. The molecule has 2 aromatic rings. The molecular formula is C66H93F5N10O13. The Hall–Kier alpha value is -7.94. The van der Waals surface area contributed by atoms with E-state index in [1.165, 1.54) is 78.6 Å². The topological polar surface area (TPSA) is 276 Å². The van der Waals surface area contributed by atoms with Gasteiger partial charge in [-0.05, 0) is 112 Å². The molecule has 2 aliphatic carbocycles. The molecule has 2 heterocycles. The van der Waals surface area contributed by atoms with Gasteiger partial charge in [-0.25, -0.2) is 18.4 Å². The Labute approximate surface area is 546 Å². The van der Waals surface area contributed by atoms with Crippen molar-refractivity contribution in [2.45, 2.75) is 204 Å². The number of rotatable bonds is 28. The minimum Gasteiger partial charge on any atom is -0.480 e. The summed E-state index contributed by atoms with van der Waals surface area (Å²) in [6.07, 6.45) is -3.04. The van der Waals surface area contributed by atoms with Crippen LogP contribution in [0.3, 0.4) is 0 Å². The molecular weight excluding hydrogens is 1240 g/mol. The summed E-state index contributed by atoms with van der Waals surface area (Å²) < 4.78 is 75.3. The number of aliphatic carboxylic acids is 1. The second-order valence-corrected chi connectivity index (χ2v) is 26.3. The van der Waals surface area contributed by atoms with Crippen LogP contribution in [0, 0.1) is 29.4 Å². The number of hydrogen-bond donors (Lipinski definition) is 4. The highest BCUT2D eigenvalue weighted by atomic mass is 19.4. The number of likely N-dealkylation sites (tertiary alicyclic amines) is 2. The summed E-state index contributed by atoms with van der Waals surface area (Å²) >= 11 is 0. The molecule has 4 aliphatic rings. The van der Waals surface area contributed by atoms with E-state index < -0.39 is 174 Å². The summed E-state index contributed by atoms with van der Waals surface area (Å²) in [6.45, 7) is 8.65. The summed E-state index contributed by atoms with van der Waals surface area (Å²) in [5.74, 6) is -12.1. The molecule has 6 rings (SSSR count). The van der Waals surface area contributed by atoms with Crippen LogP contribution < -0.4 is 16.0 Å². The van der Waals surface area contributed by atoms with E-state index in [9.17, 15) is 70.2 Å². The molecule has 520 valence electrons. The fraction of sp³-hybridized carbons (Fsp3) is 0.652. The predicted octanol–water partition coefficient (Wildman–Crippen LogP) is 5.89. The van der Waals surface area contributed by atoms with Gasteiger partial charge in [0.1, 0.15) is 77.7 Å². The Morgan fingerprint density at radius 3 is 1.84 bits per heavy atom. The number of nitrogens with one attached hydrogen (secondary N) is 3. The second kappa shape index (κ2) is 32.5. The molecule has 0 unspecified atom stereocenters. The van der Waals surface area contributed by atoms with Gasteiger partial charge in [-0.15, -0.1) is 0 Å². The van der Waals surface area contributed by atoms with Crippen LogP contribution >= 0.6 is 0 Å². The third kappa shape index (κ3) is 17.9. The van der Waals surface area contributed by atoms with Crippen molar-refractivity contribution in [1.29, 1.82) is 0 Å². The average Bonchev–Trinajstić information content (AvgIpc) is 1.43. The summed E-state index contributed by atoms with van der Waals surface area (Å²) in [6, 6.07) is -0.458. The molecule has 2 aromatic carbocycles. The fourth-order valence-electron chi connectivity index (χ4n) is 13.2.